The molecule has 0 radical (unpaired) electrons. The molecule has 2 aliphatic rings. The van der Waals surface area contributed by atoms with E-state index in [1.54, 1.807) is 0 Å². The van der Waals surface area contributed by atoms with E-state index >= 15 is 0 Å². The molecular formula is C19H26N2O3. The Kier molecular flexibility index (Phi) is 4.90. The number of benzene rings is 1. The molecule has 0 spiro atoms. The molecule has 0 aliphatic carbocycles. The number of hydrogen-bond donors (Lipinski definition) is 0. The van der Waals surface area contributed by atoms with Gasteiger partial charge < -0.3 is 4.74 Å². The maximum atomic E-state index is 13.0. The summed E-state index contributed by atoms with van der Waals surface area (Å²) in [6, 6.07) is 10.1. The summed E-state index contributed by atoms with van der Waals surface area (Å²) in [5.41, 5.74) is 1.25. The lowest BCUT2D eigenvalue weighted by atomic mass is 9.95. The lowest BCUT2D eigenvalue weighted by molar-refractivity contribution is -0.134. The Balaban J connectivity index is 1.68. The van der Waals surface area contributed by atoms with Crippen LogP contribution in [0.4, 0.5) is 4.79 Å². The molecule has 5 nitrogen and oxygen atoms in total. The molecule has 2 saturated heterocycles. The smallest absolute Gasteiger partial charge is 0.416 e. The van der Waals surface area contributed by atoms with Crippen molar-refractivity contribution < 1.29 is 14.3 Å². The quantitative estimate of drug-likeness (QED) is 0.852. The van der Waals surface area contributed by atoms with Crippen molar-refractivity contribution in [2.45, 2.75) is 33.4 Å². The van der Waals surface area contributed by atoms with Gasteiger partial charge in [0.1, 0.15) is 6.61 Å². The third-order valence-electron chi connectivity index (χ3n) is 5.17. The molecular weight excluding hydrogens is 304 g/mol. The Morgan fingerprint density at radius 1 is 1.25 bits per heavy atom. The van der Waals surface area contributed by atoms with Gasteiger partial charge in [0.2, 0.25) is 5.91 Å². The molecule has 2 heterocycles. The predicted octanol–water partition coefficient (Wildman–Crippen LogP) is 2.76. The van der Waals surface area contributed by atoms with Gasteiger partial charge in [0.15, 0.2) is 0 Å². The summed E-state index contributed by atoms with van der Waals surface area (Å²) in [7, 11) is 0. The number of imide groups is 1. The summed E-state index contributed by atoms with van der Waals surface area (Å²) >= 11 is 0. The standard InChI is InChI=1S/C19H26N2O3/c1-13(2)17-12-24-19(23)21(17)18(22)16-11-20(9-14(16)3)10-15-7-5-4-6-8-15/h4-8,13-14,16-17H,9-12H2,1-3H3/t14-,16+,17-/m0/s1. The van der Waals surface area contributed by atoms with Crippen LogP contribution in [0.1, 0.15) is 26.3 Å². The number of cyclic esters (lactones) is 1. The summed E-state index contributed by atoms with van der Waals surface area (Å²) in [5, 5.41) is 0. The fourth-order valence-corrected chi connectivity index (χ4v) is 3.72. The van der Waals surface area contributed by atoms with Gasteiger partial charge in [0, 0.05) is 19.6 Å². The van der Waals surface area contributed by atoms with Crippen molar-refractivity contribution in [3.05, 3.63) is 35.9 Å². The van der Waals surface area contributed by atoms with Gasteiger partial charge in [-0.2, -0.15) is 0 Å². The predicted molar refractivity (Wildman–Crippen MR) is 91.2 cm³/mol. The number of hydrogen-bond acceptors (Lipinski definition) is 4. The number of carbonyl (C=O) groups excluding carboxylic acids is 2. The van der Waals surface area contributed by atoms with Gasteiger partial charge in [-0.3, -0.25) is 9.69 Å². The Hall–Kier alpha value is -1.88. The summed E-state index contributed by atoms with van der Waals surface area (Å²) in [4.78, 5) is 28.7. The van der Waals surface area contributed by atoms with Gasteiger partial charge in [0.05, 0.1) is 12.0 Å². The second-order valence-corrected chi connectivity index (χ2v) is 7.36. The number of likely N-dealkylation sites (tertiary alicyclic amines) is 1. The van der Waals surface area contributed by atoms with Crippen LogP contribution in [0.2, 0.25) is 0 Å². The van der Waals surface area contributed by atoms with Gasteiger partial charge >= 0.3 is 6.09 Å². The first kappa shape index (κ1) is 17.0. The van der Waals surface area contributed by atoms with E-state index in [1.807, 2.05) is 32.0 Å². The van der Waals surface area contributed by atoms with Crippen LogP contribution >= 0.6 is 0 Å². The van der Waals surface area contributed by atoms with Crippen LogP contribution < -0.4 is 0 Å². The van der Waals surface area contributed by atoms with Crippen molar-refractivity contribution in [1.82, 2.24) is 9.80 Å². The lowest BCUT2D eigenvalue weighted by Crippen LogP contribution is -2.46. The Morgan fingerprint density at radius 2 is 1.96 bits per heavy atom. The van der Waals surface area contributed by atoms with Crippen molar-refractivity contribution in [3.63, 3.8) is 0 Å². The first-order valence-electron chi connectivity index (χ1n) is 8.73. The van der Waals surface area contributed by atoms with Crippen LogP contribution in [0.5, 0.6) is 0 Å². The molecule has 5 heteroatoms. The van der Waals surface area contributed by atoms with E-state index in [9.17, 15) is 9.59 Å². The molecule has 3 rings (SSSR count). The van der Waals surface area contributed by atoms with Gasteiger partial charge in [0.25, 0.3) is 0 Å². The largest absolute Gasteiger partial charge is 0.447 e. The maximum Gasteiger partial charge on any atom is 0.416 e. The fourth-order valence-electron chi connectivity index (χ4n) is 3.72. The average Bonchev–Trinajstić information content (AvgIpc) is 3.11. The van der Waals surface area contributed by atoms with Crippen molar-refractivity contribution >= 4 is 12.0 Å². The number of ether oxygens (including phenoxy) is 1. The zero-order chi connectivity index (χ0) is 17.3. The fraction of sp³-hybridized carbons (Fsp3) is 0.579. The highest BCUT2D eigenvalue weighted by Crippen LogP contribution is 2.30. The highest BCUT2D eigenvalue weighted by molar-refractivity contribution is 5.95. The highest BCUT2D eigenvalue weighted by atomic mass is 16.6. The van der Waals surface area contributed by atoms with E-state index < -0.39 is 6.09 Å². The molecule has 0 unspecified atom stereocenters. The summed E-state index contributed by atoms with van der Waals surface area (Å²) in [5.74, 6) is 0.236. The van der Waals surface area contributed by atoms with Crippen LogP contribution in [-0.2, 0) is 16.1 Å². The summed E-state index contributed by atoms with van der Waals surface area (Å²) in [6.07, 6.45) is -0.479. The zero-order valence-corrected chi connectivity index (χ0v) is 14.6. The van der Waals surface area contributed by atoms with E-state index in [0.717, 1.165) is 13.1 Å². The number of nitrogens with zero attached hydrogens (tertiary/aromatic N) is 2. The monoisotopic (exact) mass is 330 g/mol. The normalized spacial score (nSPS) is 27.8. The van der Waals surface area contributed by atoms with Crippen molar-refractivity contribution in [2.75, 3.05) is 19.7 Å². The summed E-state index contributed by atoms with van der Waals surface area (Å²) in [6.45, 7) is 8.87. The van der Waals surface area contributed by atoms with Crippen LogP contribution in [0.15, 0.2) is 30.3 Å². The third kappa shape index (κ3) is 3.31. The van der Waals surface area contributed by atoms with Crippen molar-refractivity contribution in [1.29, 1.82) is 0 Å². The first-order chi connectivity index (χ1) is 11.5. The van der Waals surface area contributed by atoms with E-state index in [4.69, 9.17) is 4.74 Å². The Morgan fingerprint density at radius 3 is 2.62 bits per heavy atom. The molecule has 1 aromatic rings. The Bertz CT molecular complexity index is 602. The van der Waals surface area contributed by atoms with Crippen LogP contribution in [0.25, 0.3) is 0 Å². The van der Waals surface area contributed by atoms with Crippen LogP contribution in [0, 0.1) is 17.8 Å². The molecule has 0 N–H and O–H groups in total. The molecule has 2 aliphatic heterocycles. The van der Waals surface area contributed by atoms with E-state index in [1.165, 1.54) is 10.5 Å². The van der Waals surface area contributed by atoms with E-state index in [2.05, 4.69) is 24.0 Å². The minimum Gasteiger partial charge on any atom is -0.447 e. The second-order valence-electron chi connectivity index (χ2n) is 7.36. The van der Waals surface area contributed by atoms with Gasteiger partial charge in [-0.05, 0) is 17.4 Å². The molecule has 3 atom stereocenters. The molecule has 0 aromatic heterocycles. The topological polar surface area (TPSA) is 49.9 Å². The molecule has 24 heavy (non-hydrogen) atoms. The van der Waals surface area contributed by atoms with Crippen molar-refractivity contribution in [3.8, 4) is 0 Å². The molecule has 0 bridgehead atoms. The molecule has 2 amide bonds. The lowest BCUT2D eigenvalue weighted by Gasteiger charge is -2.26. The minimum absolute atomic E-state index is 0.0701. The van der Waals surface area contributed by atoms with Gasteiger partial charge in [-0.25, -0.2) is 9.69 Å². The molecule has 1 aromatic carbocycles. The SMILES string of the molecule is CC(C)[C@@H]1COC(=O)N1C(=O)[C@@H]1CN(Cc2ccccc2)C[C@@H]1C. The molecule has 0 saturated carbocycles. The molecule has 2 fully saturated rings. The van der Waals surface area contributed by atoms with E-state index in [0.29, 0.717) is 13.2 Å². The number of carbonyl (C=O) groups is 2. The third-order valence-corrected chi connectivity index (χ3v) is 5.17. The van der Waals surface area contributed by atoms with Crippen LogP contribution in [-0.4, -0.2) is 47.5 Å². The van der Waals surface area contributed by atoms with Gasteiger partial charge in [-0.1, -0.05) is 51.1 Å². The maximum absolute atomic E-state index is 13.0. The highest BCUT2D eigenvalue weighted by Gasteiger charge is 2.45. The first-order valence-corrected chi connectivity index (χ1v) is 8.73. The second kappa shape index (κ2) is 6.93. The molecule has 130 valence electrons. The summed E-state index contributed by atoms with van der Waals surface area (Å²) < 4.78 is 5.13. The average molecular weight is 330 g/mol. The zero-order valence-electron chi connectivity index (χ0n) is 14.6. The van der Waals surface area contributed by atoms with Crippen molar-refractivity contribution in [2.24, 2.45) is 17.8 Å². The Labute approximate surface area is 143 Å². The van der Waals surface area contributed by atoms with Gasteiger partial charge in [-0.15, -0.1) is 0 Å². The van der Waals surface area contributed by atoms with E-state index in [-0.39, 0.29) is 29.7 Å². The minimum atomic E-state index is -0.479. The number of rotatable bonds is 4. The van der Waals surface area contributed by atoms with Crippen LogP contribution in [0.3, 0.4) is 0 Å². The number of amides is 2.